The second-order valence-corrected chi connectivity index (χ2v) is 28.7. The van der Waals surface area contributed by atoms with Crippen LogP contribution in [0.3, 0.4) is 0 Å². The molecular formula is C71H108N18O19S2. The van der Waals surface area contributed by atoms with Crippen LogP contribution in [0.1, 0.15) is 136 Å². The summed E-state index contributed by atoms with van der Waals surface area (Å²) in [7, 11) is 0. The molecule has 24 N–H and O–H groups in total. The highest BCUT2D eigenvalue weighted by Crippen LogP contribution is 2.43. The predicted molar refractivity (Wildman–Crippen MR) is 407 cm³/mol. The Balaban J connectivity index is 1.59. The highest BCUT2D eigenvalue weighted by atomic mass is 32.1. The van der Waals surface area contributed by atoms with Crippen LogP contribution in [-0.2, 0) is 89.6 Å². The molecule has 2 aliphatic rings. The number of carboxylic acid groups (broad SMARTS) is 3. The molecule has 1 aliphatic carbocycles. The lowest BCUT2D eigenvalue weighted by Gasteiger charge is -2.37. The quantitative estimate of drug-likeness (QED) is 0.0130. The number of unbranched alkanes of at least 4 members (excludes halogenated alkanes) is 1. The Kier molecular flexibility index (Phi) is 38.9. The molecule has 4 rings (SSSR count). The summed E-state index contributed by atoms with van der Waals surface area (Å²) >= 11 is 8.24. The van der Waals surface area contributed by atoms with Crippen molar-refractivity contribution in [3.63, 3.8) is 0 Å². The van der Waals surface area contributed by atoms with E-state index in [0.29, 0.717) is 31.2 Å². The van der Waals surface area contributed by atoms with Crippen LogP contribution in [0, 0.1) is 17.8 Å². The number of hydrogen-bond acceptors (Lipinski definition) is 21. The average Bonchev–Trinajstić information content (AvgIpc) is 1.60. The van der Waals surface area contributed by atoms with Gasteiger partial charge in [-0.15, -0.1) is 0 Å². The van der Waals surface area contributed by atoms with E-state index in [1.54, 1.807) is 74.5 Å². The molecule has 15 atom stereocenters. The number of carbonyl (C=O) groups is 16. The van der Waals surface area contributed by atoms with Crippen molar-refractivity contribution in [2.75, 3.05) is 24.6 Å². The van der Waals surface area contributed by atoms with Gasteiger partial charge in [0.05, 0.1) is 12.5 Å². The topological polar surface area (TPSA) is 612 Å². The van der Waals surface area contributed by atoms with Gasteiger partial charge in [-0.3, -0.25) is 76.9 Å². The Hall–Kier alpha value is -10.1. The van der Waals surface area contributed by atoms with E-state index in [-0.39, 0.29) is 81.4 Å². The Morgan fingerprint density at radius 2 is 0.973 bits per heavy atom. The monoisotopic (exact) mass is 1580 g/mol. The summed E-state index contributed by atoms with van der Waals surface area (Å²) in [6.45, 7) is 7.97. The molecular weight excluding hydrogens is 1470 g/mol. The fraction of sp³-hybridized carbons (Fsp3) is 0.592. The number of primary amides is 1. The molecule has 1 saturated carbocycles. The maximum absolute atomic E-state index is 14.7. The molecule has 0 radical (unpaired) electrons. The number of hydrogen-bond donors (Lipinski definition) is 21. The molecule has 110 heavy (non-hydrogen) atoms. The molecule has 0 spiro atoms. The molecule has 13 amide bonds. The number of carbonyl (C=O) groups excluding carboxylic acids is 13. The number of likely N-dealkylation sites (tertiary alicyclic amines) is 1. The number of fused-ring (bicyclic) bond motifs is 2. The number of nitrogens with one attached hydrogen (secondary N) is 11. The Bertz CT molecular complexity index is 3560. The van der Waals surface area contributed by atoms with Crippen molar-refractivity contribution in [1.29, 1.82) is 0 Å². The summed E-state index contributed by atoms with van der Waals surface area (Å²) in [6, 6.07) is -2.54. The number of aliphatic carboxylic acids is 3. The van der Waals surface area contributed by atoms with Gasteiger partial charge in [0, 0.05) is 43.4 Å². The first-order chi connectivity index (χ1) is 52.0. The fourth-order valence-corrected chi connectivity index (χ4v) is 13.1. The first-order valence-corrected chi connectivity index (χ1v) is 37.7. The molecule has 39 heteroatoms. The molecule has 2 bridgehead atoms. The number of amides is 13. The zero-order valence-electron chi connectivity index (χ0n) is 62.3. The minimum Gasteiger partial charge on any atom is -0.481 e. The van der Waals surface area contributed by atoms with Crippen LogP contribution in [0.15, 0.2) is 65.7 Å². The molecule has 1 heterocycles. The Labute approximate surface area is 648 Å². The lowest BCUT2D eigenvalue weighted by Crippen LogP contribution is -2.62. The highest BCUT2D eigenvalue weighted by molar-refractivity contribution is 7.80. The van der Waals surface area contributed by atoms with E-state index in [2.05, 4.69) is 88.7 Å². The lowest BCUT2D eigenvalue weighted by molar-refractivity contribution is -0.147. The summed E-state index contributed by atoms with van der Waals surface area (Å²) < 4.78 is 0. The van der Waals surface area contributed by atoms with Gasteiger partial charge in [-0.05, 0) is 119 Å². The van der Waals surface area contributed by atoms with Gasteiger partial charge in [0.1, 0.15) is 72.5 Å². The van der Waals surface area contributed by atoms with Gasteiger partial charge in [-0.2, -0.15) is 25.3 Å². The van der Waals surface area contributed by atoms with Crippen molar-refractivity contribution >= 4 is 126 Å². The molecule has 0 aromatic heterocycles. The van der Waals surface area contributed by atoms with E-state index in [9.17, 15) is 92.0 Å². The molecule has 2 fully saturated rings. The Morgan fingerprint density at radius 1 is 0.500 bits per heavy atom. The SMILES string of the molecule is CC(C)C[C@H](NC(=O)[C@H](Cc1ccccc1)NC(=O)[C@H](CCCN=C(N)N)NC(=O)[C@H](CS)NC(=O)[C@@H](N)Cc1ccccc1)C(=O)N[C@H](C(=O)N[C@@H](CCC(N)=O)C(=O)N[C@@H](CCC(=O)O)C(=O)N[C@@H](CC(=O)O)C(=O)N[C@@H](CCCCN)C(=O)N1C2CCC(C2)C1C(=O)N[C@@H](C)C(=O)N[C@@H](CS)C(=O)O)C(C)C. The van der Waals surface area contributed by atoms with E-state index >= 15 is 0 Å². The van der Waals surface area contributed by atoms with Gasteiger partial charge in [-0.1, -0.05) is 88.4 Å². The zero-order chi connectivity index (χ0) is 82.1. The van der Waals surface area contributed by atoms with Crippen molar-refractivity contribution in [3.8, 4) is 0 Å². The summed E-state index contributed by atoms with van der Waals surface area (Å²) in [5.41, 5.74) is 29.9. The first-order valence-electron chi connectivity index (χ1n) is 36.4. The van der Waals surface area contributed by atoms with Crippen molar-refractivity contribution in [1.82, 2.24) is 63.4 Å². The molecule has 1 aliphatic heterocycles. The second kappa shape index (κ2) is 46.4. The summed E-state index contributed by atoms with van der Waals surface area (Å²) in [4.78, 5) is 224. The van der Waals surface area contributed by atoms with Crippen molar-refractivity contribution in [2.45, 2.75) is 222 Å². The van der Waals surface area contributed by atoms with E-state index in [1.165, 1.54) is 25.7 Å². The predicted octanol–water partition coefficient (Wildman–Crippen LogP) is -4.03. The van der Waals surface area contributed by atoms with Crippen LogP contribution in [-0.4, -0.2) is 230 Å². The smallest absolute Gasteiger partial charge is 0.327 e. The maximum Gasteiger partial charge on any atom is 0.327 e. The molecule has 2 aromatic carbocycles. The molecule has 2 aromatic rings. The normalized spacial score (nSPS) is 17.5. The molecule has 608 valence electrons. The van der Waals surface area contributed by atoms with Gasteiger partial charge in [0.15, 0.2) is 5.96 Å². The van der Waals surface area contributed by atoms with Crippen molar-refractivity contribution < 1.29 is 92.0 Å². The largest absolute Gasteiger partial charge is 0.481 e. The number of nitrogens with two attached hydrogens (primary N) is 5. The first kappa shape index (κ1) is 92.2. The second-order valence-electron chi connectivity index (χ2n) is 28.0. The number of nitrogens with zero attached hydrogens (tertiary/aromatic N) is 2. The van der Waals surface area contributed by atoms with Crippen molar-refractivity contribution in [2.24, 2.45) is 51.4 Å². The fourth-order valence-electron chi connectivity index (χ4n) is 12.5. The van der Waals surface area contributed by atoms with Crippen LogP contribution in [0.4, 0.5) is 0 Å². The third-order valence-electron chi connectivity index (χ3n) is 18.4. The average molecular weight is 1580 g/mol. The van der Waals surface area contributed by atoms with Crippen LogP contribution < -0.4 is 87.2 Å². The van der Waals surface area contributed by atoms with E-state index in [0.717, 1.165) is 5.56 Å². The molecule has 37 nitrogen and oxygen atoms in total. The standard InChI is InChI=1S/C71H108N18O19S2/c1-36(2)29-48(83-63(100)49(31-40-17-10-7-11-18-40)84-60(97)44(20-14-28-77-71(75)76)79-66(103)51(34-109)86-59(96)43(73)30-39-15-8-6-9-16-39)65(102)88-56(37(3)4)67(104)81-45(23-25-53(74)90)61(98)80-46(24-26-54(91)92)62(99)85-50(33-55(93)94)64(101)82-47(19-12-13-27-72)69(106)89-42-22-21-41(32-42)57(89)68(105)78-38(5)58(95)87-52(35-110)70(107)108/h6-11,15-18,36-38,41-52,56-57,109-110H,12-14,19-35,72-73H2,1-5H3,(H2,74,90)(H,78,105)(H,79,103)(H,80,98)(H,81,104)(H,82,101)(H,83,100)(H,84,97)(H,85,99)(H,86,96)(H,87,95)(H,88,102)(H,91,92)(H,93,94)(H,107,108)(H4,75,76,77)/t38-,41?,42?,43-,44-,45-,46-,47-,48-,49-,50-,51-,52-,56-,57?/m0/s1. The maximum atomic E-state index is 14.7. The summed E-state index contributed by atoms with van der Waals surface area (Å²) in [6.07, 6.45) is -2.22. The van der Waals surface area contributed by atoms with Gasteiger partial charge in [0.2, 0.25) is 76.8 Å². The number of rotatable bonds is 49. The number of guanidine groups is 1. The minimum atomic E-state index is -2.05. The number of benzene rings is 2. The van der Waals surface area contributed by atoms with Crippen LogP contribution in [0.2, 0.25) is 0 Å². The van der Waals surface area contributed by atoms with Crippen LogP contribution in [0.25, 0.3) is 0 Å². The van der Waals surface area contributed by atoms with Gasteiger partial charge >= 0.3 is 17.9 Å². The third-order valence-corrected chi connectivity index (χ3v) is 19.1. The molecule has 1 saturated heterocycles. The van der Waals surface area contributed by atoms with Gasteiger partial charge < -0.3 is 107 Å². The van der Waals surface area contributed by atoms with E-state index in [1.807, 2.05) is 0 Å². The number of piperidine rings is 1. The van der Waals surface area contributed by atoms with E-state index in [4.69, 9.17) is 28.7 Å². The Morgan fingerprint density at radius 3 is 1.50 bits per heavy atom. The van der Waals surface area contributed by atoms with Gasteiger partial charge in [-0.25, -0.2) is 4.79 Å². The summed E-state index contributed by atoms with van der Waals surface area (Å²) in [5, 5.41) is 56.9. The van der Waals surface area contributed by atoms with Crippen LogP contribution in [0.5, 0.6) is 0 Å². The van der Waals surface area contributed by atoms with Gasteiger partial charge in [0.25, 0.3) is 0 Å². The number of thiol groups is 2. The van der Waals surface area contributed by atoms with Crippen LogP contribution >= 0.6 is 25.3 Å². The highest BCUT2D eigenvalue weighted by Gasteiger charge is 2.53. The minimum absolute atomic E-state index is 0.0160. The van der Waals surface area contributed by atoms with E-state index < -0.39 is 223 Å². The molecule has 3 unspecified atom stereocenters. The third kappa shape index (κ3) is 30.7. The lowest BCUT2D eigenvalue weighted by atomic mass is 9.96. The number of aliphatic imine (C=N–C) groups is 1. The zero-order valence-corrected chi connectivity index (χ0v) is 64.1. The van der Waals surface area contributed by atoms with Crippen molar-refractivity contribution in [3.05, 3.63) is 71.8 Å². The summed E-state index contributed by atoms with van der Waals surface area (Å²) in [5.74, 6) is -19.2. The number of carboxylic acids is 3.